The van der Waals surface area contributed by atoms with E-state index in [1.54, 1.807) is 4.90 Å². The van der Waals surface area contributed by atoms with Crippen molar-refractivity contribution in [3.63, 3.8) is 0 Å². The Morgan fingerprint density at radius 3 is 2.12 bits per heavy atom. The van der Waals surface area contributed by atoms with E-state index < -0.39 is 0 Å². The maximum absolute atomic E-state index is 12.5. The van der Waals surface area contributed by atoms with Gasteiger partial charge in [0.2, 0.25) is 6.23 Å². The summed E-state index contributed by atoms with van der Waals surface area (Å²) < 4.78 is 0. The average molecular weight is 336 g/mol. The summed E-state index contributed by atoms with van der Waals surface area (Å²) in [5.41, 5.74) is 1.73. The van der Waals surface area contributed by atoms with Crippen molar-refractivity contribution in [1.82, 2.24) is 9.96 Å². The van der Waals surface area contributed by atoms with E-state index in [0.29, 0.717) is 25.9 Å². The molecule has 2 fully saturated rings. The Kier molecular flexibility index (Phi) is 4.24. The van der Waals surface area contributed by atoms with Gasteiger partial charge in [0, 0.05) is 30.1 Å². The highest BCUT2D eigenvalue weighted by atomic mass is 16.8. The summed E-state index contributed by atoms with van der Waals surface area (Å²) in [6.07, 6.45) is 1.12. The summed E-state index contributed by atoms with van der Waals surface area (Å²) in [5.74, 6) is 0.171. The lowest BCUT2D eigenvalue weighted by atomic mass is 9.89. The molecule has 5 nitrogen and oxygen atoms in total. The monoisotopic (exact) mass is 336 g/mol. The van der Waals surface area contributed by atoms with Gasteiger partial charge < -0.3 is 4.90 Å². The Labute approximate surface area is 146 Å². The third-order valence-electron chi connectivity index (χ3n) is 4.85. The van der Waals surface area contributed by atoms with E-state index >= 15 is 0 Å². The molecule has 2 aliphatic rings. The Hall–Kier alpha value is -2.66. The predicted molar refractivity (Wildman–Crippen MR) is 92.6 cm³/mol. The van der Waals surface area contributed by atoms with Gasteiger partial charge >= 0.3 is 6.03 Å². The van der Waals surface area contributed by atoms with Gasteiger partial charge in [-0.25, -0.2) is 9.63 Å². The first-order chi connectivity index (χ1) is 12.2. The fourth-order valence-corrected chi connectivity index (χ4v) is 3.35. The number of Topliss-reactive ketones (excluding diaryl/α,β-unsaturated/α-hetero) is 1. The zero-order valence-corrected chi connectivity index (χ0v) is 13.9. The highest BCUT2D eigenvalue weighted by molar-refractivity contribution is 5.98. The van der Waals surface area contributed by atoms with E-state index in [2.05, 4.69) is 0 Å². The van der Waals surface area contributed by atoms with Gasteiger partial charge in [0.05, 0.1) is 0 Å². The van der Waals surface area contributed by atoms with Gasteiger partial charge in [-0.2, -0.15) is 5.06 Å². The first kappa shape index (κ1) is 15.8. The van der Waals surface area contributed by atoms with Crippen molar-refractivity contribution in [2.75, 3.05) is 13.1 Å². The van der Waals surface area contributed by atoms with Crippen LogP contribution in [0.4, 0.5) is 4.79 Å². The first-order valence-electron chi connectivity index (χ1n) is 8.63. The quantitative estimate of drug-likeness (QED) is 0.635. The van der Waals surface area contributed by atoms with Crippen molar-refractivity contribution in [2.45, 2.75) is 19.1 Å². The summed E-state index contributed by atoms with van der Waals surface area (Å²) in [7, 11) is 0. The molecule has 0 spiro atoms. The molecular formula is C20H20N2O3. The highest BCUT2D eigenvalue weighted by Crippen LogP contribution is 2.38. The zero-order valence-electron chi connectivity index (χ0n) is 13.9. The molecule has 2 aromatic rings. The van der Waals surface area contributed by atoms with Crippen LogP contribution in [-0.2, 0) is 4.84 Å². The molecule has 0 N–H and O–H groups in total. The number of hydrogen-bond donors (Lipinski definition) is 0. The van der Waals surface area contributed by atoms with E-state index in [-0.39, 0.29) is 24.0 Å². The number of nitrogens with zero attached hydrogens (tertiary/aromatic N) is 2. The Bertz CT molecular complexity index is 755. The van der Waals surface area contributed by atoms with Crippen molar-refractivity contribution < 1.29 is 14.4 Å². The molecular weight excluding hydrogens is 316 g/mol. The maximum atomic E-state index is 12.5. The van der Waals surface area contributed by atoms with Crippen molar-refractivity contribution in [3.05, 3.63) is 71.8 Å². The zero-order chi connectivity index (χ0) is 17.2. The number of likely N-dealkylation sites (tertiary alicyclic amines) is 1. The molecule has 2 aliphatic heterocycles. The predicted octanol–water partition coefficient (Wildman–Crippen LogP) is 3.65. The molecule has 2 amide bonds. The van der Waals surface area contributed by atoms with E-state index in [1.165, 1.54) is 5.06 Å². The fraction of sp³-hybridized carbons (Fsp3) is 0.300. The number of rotatable bonds is 3. The molecule has 2 saturated heterocycles. The summed E-state index contributed by atoms with van der Waals surface area (Å²) in [6.45, 7) is 1.17. The number of hydrogen-bond acceptors (Lipinski definition) is 3. The first-order valence-corrected chi connectivity index (χ1v) is 8.63. The number of carbonyl (C=O) groups is 2. The molecule has 2 heterocycles. The van der Waals surface area contributed by atoms with E-state index in [9.17, 15) is 9.59 Å². The van der Waals surface area contributed by atoms with Crippen LogP contribution in [0.25, 0.3) is 0 Å². The largest absolute Gasteiger partial charge is 0.346 e. The van der Waals surface area contributed by atoms with Crippen LogP contribution in [0.1, 0.15) is 35.0 Å². The third-order valence-corrected chi connectivity index (χ3v) is 4.85. The molecule has 0 radical (unpaired) electrons. The summed E-state index contributed by atoms with van der Waals surface area (Å²) in [4.78, 5) is 32.3. The molecule has 0 aromatic heterocycles. The molecule has 0 saturated carbocycles. The minimum Gasteiger partial charge on any atom is -0.323 e. The van der Waals surface area contributed by atoms with Crippen molar-refractivity contribution in [1.29, 1.82) is 0 Å². The van der Waals surface area contributed by atoms with Gasteiger partial charge in [-0.05, 0) is 12.8 Å². The molecule has 0 aliphatic carbocycles. The van der Waals surface area contributed by atoms with Gasteiger partial charge in [0.1, 0.15) is 0 Å². The van der Waals surface area contributed by atoms with Crippen LogP contribution in [0, 0.1) is 5.92 Å². The average Bonchev–Trinajstić information content (AvgIpc) is 3.49. The van der Waals surface area contributed by atoms with Crippen LogP contribution in [0.5, 0.6) is 0 Å². The fourth-order valence-electron chi connectivity index (χ4n) is 3.35. The molecule has 128 valence electrons. The van der Waals surface area contributed by atoms with E-state index in [1.807, 2.05) is 60.7 Å². The Morgan fingerprint density at radius 1 is 0.880 bits per heavy atom. The van der Waals surface area contributed by atoms with Crippen molar-refractivity contribution >= 4 is 11.8 Å². The SMILES string of the molecule is O=C(c1ccccc1)C1CCN(C(=O)N2OC2c2ccccc2)CC1. The Balaban J connectivity index is 1.32. The number of carbonyl (C=O) groups excluding carboxylic acids is 2. The van der Waals surface area contributed by atoms with Crippen LogP contribution < -0.4 is 0 Å². The minimum absolute atomic E-state index is 0.00788. The van der Waals surface area contributed by atoms with Crippen LogP contribution >= 0.6 is 0 Å². The third kappa shape index (κ3) is 3.28. The summed E-state index contributed by atoms with van der Waals surface area (Å²) >= 11 is 0. The van der Waals surface area contributed by atoms with Gasteiger partial charge in [-0.15, -0.1) is 0 Å². The number of urea groups is 1. The van der Waals surface area contributed by atoms with Crippen LogP contribution in [0.2, 0.25) is 0 Å². The minimum atomic E-state index is -0.280. The lowest BCUT2D eigenvalue weighted by Gasteiger charge is -2.30. The lowest BCUT2D eigenvalue weighted by Crippen LogP contribution is -2.42. The highest BCUT2D eigenvalue weighted by Gasteiger charge is 2.45. The molecule has 4 rings (SSSR count). The van der Waals surface area contributed by atoms with Gasteiger partial charge in [0.25, 0.3) is 0 Å². The standard InChI is InChI=1S/C20H20N2O3/c23-18(15-7-3-1-4-8-15)16-11-13-21(14-12-16)20(24)22-19(25-22)17-9-5-2-6-10-17/h1-10,16,19H,11-14H2. The second-order valence-electron chi connectivity index (χ2n) is 6.47. The summed E-state index contributed by atoms with van der Waals surface area (Å²) in [6, 6.07) is 19.0. The van der Waals surface area contributed by atoms with Crippen LogP contribution in [-0.4, -0.2) is 34.9 Å². The summed E-state index contributed by atoms with van der Waals surface area (Å²) in [5, 5.41) is 1.41. The molecule has 5 heteroatoms. The van der Waals surface area contributed by atoms with Gasteiger partial charge in [0.15, 0.2) is 5.78 Å². The van der Waals surface area contributed by atoms with Gasteiger partial charge in [-0.3, -0.25) is 4.79 Å². The van der Waals surface area contributed by atoms with Crippen molar-refractivity contribution in [3.8, 4) is 0 Å². The van der Waals surface area contributed by atoms with E-state index in [4.69, 9.17) is 4.84 Å². The maximum Gasteiger partial charge on any atom is 0.346 e. The molecule has 1 atom stereocenters. The van der Waals surface area contributed by atoms with Gasteiger partial charge in [-0.1, -0.05) is 60.7 Å². The van der Waals surface area contributed by atoms with Crippen LogP contribution in [0.15, 0.2) is 60.7 Å². The number of ketones is 1. The Morgan fingerprint density at radius 2 is 1.48 bits per heavy atom. The van der Waals surface area contributed by atoms with E-state index in [0.717, 1.165) is 11.1 Å². The lowest BCUT2D eigenvalue weighted by molar-refractivity contribution is 0.0825. The number of benzene rings is 2. The van der Waals surface area contributed by atoms with Crippen molar-refractivity contribution in [2.24, 2.45) is 5.92 Å². The number of hydroxylamine groups is 2. The molecule has 0 bridgehead atoms. The topological polar surface area (TPSA) is 52.9 Å². The molecule has 1 unspecified atom stereocenters. The second-order valence-corrected chi connectivity index (χ2v) is 6.47. The molecule has 2 aromatic carbocycles. The second kappa shape index (κ2) is 6.69. The number of amides is 2. The van der Waals surface area contributed by atoms with Crippen LogP contribution in [0.3, 0.4) is 0 Å². The smallest absolute Gasteiger partial charge is 0.323 e. The number of piperidine rings is 1. The normalized spacial score (nSPS) is 20.4. The molecule has 25 heavy (non-hydrogen) atoms.